The molecule has 0 spiro atoms. The van der Waals surface area contributed by atoms with Crippen molar-refractivity contribution in [3.63, 3.8) is 0 Å². The van der Waals surface area contributed by atoms with E-state index in [1.807, 2.05) is 0 Å². The predicted octanol–water partition coefficient (Wildman–Crippen LogP) is 8.52. The molecule has 4 nitrogen and oxygen atoms in total. The molecule has 0 unspecified atom stereocenters. The van der Waals surface area contributed by atoms with Crippen LogP contribution < -0.4 is 0 Å². The number of hydrogen-bond donors (Lipinski definition) is 0. The summed E-state index contributed by atoms with van der Waals surface area (Å²) in [6.45, 7) is 15.1. The van der Waals surface area contributed by atoms with Gasteiger partial charge in [0.25, 0.3) is 0 Å². The Labute approximate surface area is 221 Å². The van der Waals surface area contributed by atoms with Gasteiger partial charge >= 0.3 is 23.3 Å². The molecule has 0 saturated carbocycles. The molecule has 0 N–H and O–H groups in total. The van der Waals surface area contributed by atoms with E-state index >= 15 is 0 Å². The van der Waals surface area contributed by atoms with E-state index in [1.165, 1.54) is 108 Å². The van der Waals surface area contributed by atoms with E-state index in [9.17, 15) is 52.5 Å². The molecule has 0 saturated heterocycles. The van der Waals surface area contributed by atoms with Crippen LogP contribution in [0, 0.1) is 0 Å². The normalized spacial score (nSPS) is 13.8. The molecule has 0 aliphatic rings. The Hall–Kier alpha value is -0.760. The molecule has 0 rings (SSSR count). The molecule has 0 bridgehead atoms. The number of alkyl halides is 9. The van der Waals surface area contributed by atoms with Crippen LogP contribution in [0.3, 0.4) is 0 Å². The molecule has 0 amide bonds. The van der Waals surface area contributed by atoms with Crippen LogP contribution >= 0.6 is 0 Å². The van der Waals surface area contributed by atoms with Crippen molar-refractivity contribution in [2.75, 3.05) is 26.2 Å². The average molecular weight is 598 g/mol. The van der Waals surface area contributed by atoms with Gasteiger partial charge in [0.2, 0.25) is 0 Å². The zero-order valence-electron chi connectivity index (χ0n) is 22.8. The Morgan fingerprint density at radius 1 is 0.526 bits per heavy atom. The van der Waals surface area contributed by atoms with Gasteiger partial charge in [0.1, 0.15) is 0 Å². The van der Waals surface area contributed by atoms with Gasteiger partial charge in [-0.3, -0.25) is 0 Å². The van der Waals surface area contributed by atoms with E-state index in [2.05, 4.69) is 27.7 Å². The monoisotopic (exact) mass is 597 g/mol. The molecule has 0 aromatic heterocycles. The smallest absolute Gasteiger partial charge is 0.460 e. The van der Waals surface area contributed by atoms with Gasteiger partial charge in [-0.05, 0) is 51.4 Å². The summed E-state index contributed by atoms with van der Waals surface area (Å²) in [5.41, 5.74) is 0. The van der Waals surface area contributed by atoms with Crippen LogP contribution in [0.5, 0.6) is 0 Å². The fourth-order valence-electron chi connectivity index (χ4n) is 3.98. The quantitative estimate of drug-likeness (QED) is 0.0649. The Bertz CT molecular complexity index is 685. The van der Waals surface area contributed by atoms with E-state index in [0.29, 0.717) is 0 Å². The van der Waals surface area contributed by atoms with Crippen LogP contribution in [0.1, 0.15) is 105 Å². The maximum absolute atomic E-state index is 12.2. The maximum Gasteiger partial charge on any atom is 0.460 e. The van der Waals surface area contributed by atoms with E-state index < -0.39 is 33.4 Å². The fourth-order valence-corrected chi connectivity index (χ4v) is 4.42. The molecule has 0 radical (unpaired) electrons. The van der Waals surface area contributed by atoms with Crippen molar-refractivity contribution >= 4 is 10.1 Å². The molecule has 0 aliphatic carbocycles. The molecular weight excluding hydrogens is 553 g/mol. The third-order valence-corrected chi connectivity index (χ3v) is 7.26. The molecule has 0 aromatic rings. The summed E-state index contributed by atoms with van der Waals surface area (Å²) in [6, 6.07) is 0. The average Bonchev–Trinajstić information content (AvgIpc) is 2.78. The minimum atomic E-state index is -7.43. The van der Waals surface area contributed by atoms with E-state index in [1.54, 1.807) is 0 Å². The third-order valence-electron chi connectivity index (χ3n) is 6.37. The minimum absolute atomic E-state index is 1.36. The van der Waals surface area contributed by atoms with Crippen LogP contribution in [-0.4, -0.2) is 66.9 Å². The van der Waals surface area contributed by atoms with Crippen molar-refractivity contribution in [2.24, 2.45) is 0 Å². The third kappa shape index (κ3) is 11.8. The minimum Gasteiger partial charge on any atom is -0.743 e. The lowest BCUT2D eigenvalue weighted by Crippen LogP contribution is -2.63. The second-order valence-electron chi connectivity index (χ2n) is 9.68. The lowest BCUT2D eigenvalue weighted by Gasteiger charge is -2.39. The molecule has 0 atom stereocenters. The van der Waals surface area contributed by atoms with Gasteiger partial charge in [-0.25, -0.2) is 8.42 Å². The van der Waals surface area contributed by atoms with Crippen molar-refractivity contribution in [1.82, 2.24) is 0 Å². The predicted molar refractivity (Wildman–Crippen MR) is 128 cm³/mol. The lowest BCUT2D eigenvalue weighted by atomic mass is 10.1. The zero-order valence-corrected chi connectivity index (χ0v) is 23.6. The topological polar surface area (TPSA) is 57.2 Å². The summed E-state index contributed by atoms with van der Waals surface area (Å²) in [4.78, 5) is 0. The first-order valence-corrected chi connectivity index (χ1v) is 14.7. The number of nitrogens with zero attached hydrogens (tertiary/aromatic N) is 1. The largest absolute Gasteiger partial charge is 0.743 e. The van der Waals surface area contributed by atoms with Crippen LogP contribution in [0.2, 0.25) is 0 Å². The highest BCUT2D eigenvalue weighted by Gasteiger charge is 2.83. The zero-order chi connectivity index (χ0) is 30.3. The first-order valence-electron chi connectivity index (χ1n) is 13.2. The summed E-state index contributed by atoms with van der Waals surface area (Å²) in [7, 11) is -7.42. The highest BCUT2D eigenvalue weighted by Crippen LogP contribution is 2.54. The van der Waals surface area contributed by atoms with Crippen molar-refractivity contribution in [3.05, 3.63) is 0 Å². The Balaban J connectivity index is 0. The van der Waals surface area contributed by atoms with Gasteiger partial charge in [-0.15, -0.1) is 0 Å². The summed E-state index contributed by atoms with van der Waals surface area (Å²) in [5.74, 6) is -14.8. The van der Waals surface area contributed by atoms with E-state index in [-0.39, 0.29) is 0 Å². The summed E-state index contributed by atoms with van der Waals surface area (Å²) < 4.78 is 137. The van der Waals surface area contributed by atoms with Gasteiger partial charge in [-0.2, -0.15) is 39.5 Å². The second-order valence-corrected chi connectivity index (χ2v) is 11.1. The molecule has 232 valence electrons. The summed E-state index contributed by atoms with van der Waals surface area (Å²) in [6.07, 6.45) is 9.76. The standard InChI is InChI=1S/C20H44N.C4HF9O3S/c1-5-9-13-17-21(18-14-10-6-2,19-15-11-7-3)20-16-12-8-4;5-1(6,3(9,10)11)2(7,8)4(12,13)17(14,15)16/h5-20H2,1-4H3;(H,14,15,16)/q+1;/p-1. The lowest BCUT2D eigenvalue weighted by molar-refractivity contribution is -0.929. The van der Waals surface area contributed by atoms with Gasteiger partial charge in [-0.1, -0.05) is 53.4 Å². The number of halogens is 9. The molecule has 14 heteroatoms. The Morgan fingerprint density at radius 3 is 0.974 bits per heavy atom. The molecule has 0 heterocycles. The SMILES string of the molecule is CCCCC[N+](CCCCC)(CCCCC)CCCCC.O=S(=O)([O-])C(F)(F)C(F)(F)C(F)(F)C(F)(F)F. The summed E-state index contributed by atoms with van der Waals surface area (Å²) >= 11 is 0. The van der Waals surface area contributed by atoms with Crippen LogP contribution in [-0.2, 0) is 10.1 Å². The van der Waals surface area contributed by atoms with Crippen molar-refractivity contribution < 1.29 is 57.0 Å². The number of unbranched alkanes of at least 4 members (excludes halogenated alkanes) is 8. The number of hydrogen-bond acceptors (Lipinski definition) is 3. The number of quaternary nitrogens is 1. The first kappa shape index (κ1) is 39.4. The molecule has 0 aliphatic heterocycles. The second kappa shape index (κ2) is 17.1. The van der Waals surface area contributed by atoms with Crippen LogP contribution in [0.25, 0.3) is 0 Å². The highest BCUT2D eigenvalue weighted by molar-refractivity contribution is 7.86. The van der Waals surface area contributed by atoms with Crippen molar-refractivity contribution in [2.45, 2.75) is 128 Å². The van der Waals surface area contributed by atoms with Gasteiger partial charge in [0.05, 0.1) is 26.2 Å². The number of rotatable bonds is 19. The highest BCUT2D eigenvalue weighted by atomic mass is 32.2. The molecular formula is C24H44F9NO3S. The Kier molecular flexibility index (Phi) is 17.8. The van der Waals surface area contributed by atoms with E-state index in [4.69, 9.17) is 0 Å². The first-order chi connectivity index (χ1) is 17.2. The molecule has 0 aromatic carbocycles. The van der Waals surface area contributed by atoms with Crippen molar-refractivity contribution in [1.29, 1.82) is 0 Å². The van der Waals surface area contributed by atoms with Gasteiger partial charge < -0.3 is 9.04 Å². The Morgan fingerprint density at radius 2 is 0.789 bits per heavy atom. The van der Waals surface area contributed by atoms with Gasteiger partial charge in [0, 0.05) is 0 Å². The molecule has 0 fully saturated rings. The van der Waals surface area contributed by atoms with E-state index in [0.717, 1.165) is 0 Å². The van der Waals surface area contributed by atoms with Crippen molar-refractivity contribution in [3.8, 4) is 0 Å². The molecule has 38 heavy (non-hydrogen) atoms. The van der Waals surface area contributed by atoms with Gasteiger partial charge in [0.15, 0.2) is 10.1 Å². The summed E-state index contributed by atoms with van der Waals surface area (Å²) in [5, 5.41) is -7.11. The van der Waals surface area contributed by atoms with Crippen LogP contribution in [0.4, 0.5) is 39.5 Å². The maximum atomic E-state index is 12.2. The van der Waals surface area contributed by atoms with Crippen LogP contribution in [0.15, 0.2) is 0 Å². The fraction of sp³-hybridized carbons (Fsp3) is 1.00.